The highest BCUT2D eigenvalue weighted by atomic mass is 32.2. The van der Waals surface area contributed by atoms with Gasteiger partial charge in [0.15, 0.2) is 0 Å². The summed E-state index contributed by atoms with van der Waals surface area (Å²) in [7, 11) is -2.35. The van der Waals surface area contributed by atoms with Crippen LogP contribution in [0.1, 0.15) is 38.8 Å². The number of benzene rings is 2. The SMILES string of the molecule is CC(C)NC(=O)N(C)C[C@H]1Oc2cc(C#Cc3cccc(F)c3)ccc2S(=O)(=O)N([C@@H](C)CO)C[C@H]1C. The molecule has 0 saturated heterocycles. The number of hydrogen-bond acceptors (Lipinski definition) is 5. The number of halogens is 1. The number of rotatable bonds is 5. The third-order valence-corrected chi connectivity index (χ3v) is 8.08. The first-order valence-electron chi connectivity index (χ1n) is 12.1. The monoisotopic (exact) mass is 531 g/mol. The third kappa shape index (κ3) is 7.01. The molecule has 2 aromatic carbocycles. The average molecular weight is 532 g/mol. The van der Waals surface area contributed by atoms with E-state index >= 15 is 0 Å². The zero-order valence-electron chi connectivity index (χ0n) is 21.7. The highest BCUT2D eigenvalue weighted by Crippen LogP contribution is 2.34. The van der Waals surface area contributed by atoms with Gasteiger partial charge in [-0.15, -0.1) is 0 Å². The predicted molar refractivity (Wildman–Crippen MR) is 139 cm³/mol. The van der Waals surface area contributed by atoms with Crippen LogP contribution in [-0.2, 0) is 10.0 Å². The second-order valence-corrected chi connectivity index (χ2v) is 11.5. The second kappa shape index (κ2) is 11.9. The minimum Gasteiger partial charge on any atom is -0.487 e. The van der Waals surface area contributed by atoms with Crippen molar-refractivity contribution in [1.29, 1.82) is 0 Å². The Kier molecular flexibility index (Phi) is 9.18. The van der Waals surface area contributed by atoms with E-state index in [1.165, 1.54) is 27.4 Å². The minimum atomic E-state index is -4.00. The molecule has 1 heterocycles. The van der Waals surface area contributed by atoms with Crippen LogP contribution in [-0.4, -0.2) is 73.7 Å². The number of sulfonamides is 1. The first kappa shape index (κ1) is 28.4. The Morgan fingerprint density at radius 1 is 1.22 bits per heavy atom. The fourth-order valence-electron chi connectivity index (χ4n) is 3.94. The zero-order chi connectivity index (χ0) is 27.3. The van der Waals surface area contributed by atoms with E-state index in [1.807, 2.05) is 20.8 Å². The van der Waals surface area contributed by atoms with Crippen molar-refractivity contribution in [2.45, 2.75) is 50.8 Å². The minimum absolute atomic E-state index is 0.0448. The fourth-order valence-corrected chi connectivity index (χ4v) is 5.77. The van der Waals surface area contributed by atoms with E-state index in [4.69, 9.17) is 4.74 Å². The number of hydrogen-bond donors (Lipinski definition) is 2. The Labute approximate surface area is 218 Å². The summed E-state index contributed by atoms with van der Waals surface area (Å²) in [5, 5.41) is 12.6. The highest BCUT2D eigenvalue weighted by Gasteiger charge is 2.38. The molecule has 8 nitrogen and oxygen atoms in total. The number of likely N-dealkylation sites (N-methyl/N-ethyl adjacent to an activating group) is 1. The van der Waals surface area contributed by atoms with E-state index in [9.17, 15) is 22.7 Å². The lowest BCUT2D eigenvalue weighted by atomic mass is 10.0. The Balaban J connectivity index is 2.03. The van der Waals surface area contributed by atoms with Crippen molar-refractivity contribution in [2.24, 2.45) is 5.92 Å². The number of amides is 2. The van der Waals surface area contributed by atoms with E-state index in [-0.39, 0.29) is 48.3 Å². The number of urea groups is 1. The Morgan fingerprint density at radius 3 is 2.51 bits per heavy atom. The second-order valence-electron chi connectivity index (χ2n) is 9.65. The van der Waals surface area contributed by atoms with Gasteiger partial charge in [-0.3, -0.25) is 0 Å². The molecular weight excluding hydrogens is 497 g/mol. The van der Waals surface area contributed by atoms with Gasteiger partial charge in [0, 0.05) is 42.7 Å². The normalized spacial score (nSPS) is 19.9. The van der Waals surface area contributed by atoms with Gasteiger partial charge in [-0.1, -0.05) is 24.8 Å². The number of aliphatic hydroxyl groups excluding tert-OH is 1. The summed E-state index contributed by atoms with van der Waals surface area (Å²) in [6.45, 7) is 7.19. The number of carbonyl (C=O) groups is 1. The molecule has 2 aromatic rings. The lowest BCUT2D eigenvalue weighted by Gasteiger charge is -2.37. The molecule has 2 amide bonds. The summed E-state index contributed by atoms with van der Waals surface area (Å²) in [5.74, 6) is 5.21. The van der Waals surface area contributed by atoms with Gasteiger partial charge in [0.1, 0.15) is 22.6 Å². The molecule has 3 atom stereocenters. The molecule has 0 aromatic heterocycles. The van der Waals surface area contributed by atoms with E-state index in [0.717, 1.165) is 0 Å². The molecule has 0 spiro atoms. The van der Waals surface area contributed by atoms with E-state index in [2.05, 4.69) is 17.2 Å². The average Bonchev–Trinajstić information content (AvgIpc) is 2.83. The van der Waals surface area contributed by atoms with Gasteiger partial charge in [-0.05, 0) is 57.2 Å². The lowest BCUT2D eigenvalue weighted by Crippen LogP contribution is -2.51. The molecular formula is C27H34FN3O5S. The van der Waals surface area contributed by atoms with Crippen LogP contribution in [0.15, 0.2) is 47.4 Å². The molecule has 200 valence electrons. The van der Waals surface area contributed by atoms with Crippen molar-refractivity contribution in [1.82, 2.24) is 14.5 Å². The lowest BCUT2D eigenvalue weighted by molar-refractivity contribution is 0.0809. The molecule has 0 fully saturated rings. The maximum Gasteiger partial charge on any atom is 0.317 e. The summed E-state index contributed by atoms with van der Waals surface area (Å²) in [4.78, 5) is 14.0. The molecule has 0 unspecified atom stereocenters. The van der Waals surface area contributed by atoms with Crippen molar-refractivity contribution in [3.05, 3.63) is 59.4 Å². The van der Waals surface area contributed by atoms with Crippen molar-refractivity contribution in [3.63, 3.8) is 0 Å². The number of ether oxygens (including phenoxy) is 1. The summed E-state index contributed by atoms with van der Waals surface area (Å²) in [6, 6.07) is 9.44. The maximum absolute atomic E-state index is 13.6. The number of aliphatic hydroxyl groups is 1. The summed E-state index contributed by atoms with van der Waals surface area (Å²) in [5.41, 5.74) is 0.963. The largest absolute Gasteiger partial charge is 0.487 e. The first-order chi connectivity index (χ1) is 17.4. The smallest absolute Gasteiger partial charge is 0.317 e. The van der Waals surface area contributed by atoms with Gasteiger partial charge in [0.05, 0.1) is 13.2 Å². The standard InChI is InChI=1S/C27H34FN3O5S/c1-18(2)29-27(33)30(5)16-25-19(3)15-31(20(4)17-32)37(34,35)26-12-11-22(14-24(26)36-25)10-9-21-7-6-8-23(28)13-21/h6-8,11-14,18-20,25,32H,15-17H2,1-5H3,(H,29,33)/t19-,20+,25-/m1/s1. The zero-order valence-corrected chi connectivity index (χ0v) is 22.5. The Morgan fingerprint density at radius 2 is 1.89 bits per heavy atom. The third-order valence-electron chi connectivity index (χ3n) is 6.06. The van der Waals surface area contributed by atoms with Crippen molar-refractivity contribution in [3.8, 4) is 17.6 Å². The topological polar surface area (TPSA) is 99.2 Å². The molecule has 3 rings (SSSR count). The van der Waals surface area contributed by atoms with Crippen molar-refractivity contribution >= 4 is 16.1 Å². The molecule has 1 aliphatic rings. The van der Waals surface area contributed by atoms with Crippen LogP contribution in [0, 0.1) is 23.6 Å². The van der Waals surface area contributed by atoms with Crippen LogP contribution in [0.5, 0.6) is 5.75 Å². The van der Waals surface area contributed by atoms with Gasteiger partial charge in [-0.25, -0.2) is 17.6 Å². The van der Waals surface area contributed by atoms with Crippen LogP contribution < -0.4 is 10.1 Å². The van der Waals surface area contributed by atoms with Gasteiger partial charge in [0.25, 0.3) is 0 Å². The first-order valence-corrected chi connectivity index (χ1v) is 13.6. The molecule has 0 radical (unpaired) electrons. The summed E-state index contributed by atoms with van der Waals surface area (Å²) in [6.07, 6.45) is -0.544. The van der Waals surface area contributed by atoms with Gasteiger partial charge >= 0.3 is 6.03 Å². The van der Waals surface area contributed by atoms with E-state index in [0.29, 0.717) is 11.1 Å². The maximum atomic E-state index is 13.6. The summed E-state index contributed by atoms with van der Waals surface area (Å²) >= 11 is 0. The molecule has 0 bridgehead atoms. The quantitative estimate of drug-likeness (QED) is 0.578. The number of nitrogens with one attached hydrogen (secondary N) is 1. The molecule has 1 aliphatic heterocycles. The Hall–Kier alpha value is -3.13. The van der Waals surface area contributed by atoms with Crippen LogP contribution in [0.25, 0.3) is 0 Å². The van der Waals surface area contributed by atoms with Crippen LogP contribution in [0.2, 0.25) is 0 Å². The van der Waals surface area contributed by atoms with E-state index in [1.54, 1.807) is 38.2 Å². The van der Waals surface area contributed by atoms with Crippen molar-refractivity contribution in [2.75, 3.05) is 26.7 Å². The van der Waals surface area contributed by atoms with Gasteiger partial charge in [0.2, 0.25) is 10.0 Å². The van der Waals surface area contributed by atoms with Crippen LogP contribution in [0.3, 0.4) is 0 Å². The molecule has 10 heteroatoms. The van der Waals surface area contributed by atoms with Crippen molar-refractivity contribution < 1.29 is 27.4 Å². The predicted octanol–water partition coefficient (Wildman–Crippen LogP) is 3.04. The molecule has 37 heavy (non-hydrogen) atoms. The van der Waals surface area contributed by atoms with Gasteiger partial charge in [-0.2, -0.15) is 4.31 Å². The summed E-state index contributed by atoms with van der Waals surface area (Å²) < 4.78 is 48.2. The van der Waals surface area contributed by atoms with Crippen LogP contribution in [0.4, 0.5) is 9.18 Å². The van der Waals surface area contributed by atoms with Gasteiger partial charge < -0.3 is 20.1 Å². The Bertz CT molecular complexity index is 1290. The number of nitrogens with zero attached hydrogens (tertiary/aromatic N) is 2. The van der Waals surface area contributed by atoms with Crippen LogP contribution >= 0.6 is 0 Å². The number of fused-ring (bicyclic) bond motifs is 1. The highest BCUT2D eigenvalue weighted by molar-refractivity contribution is 7.89. The molecule has 0 saturated carbocycles. The molecule has 0 aliphatic carbocycles. The molecule has 2 N–H and O–H groups in total. The van der Waals surface area contributed by atoms with E-state index < -0.39 is 28.0 Å². The number of carbonyl (C=O) groups excluding carboxylic acids is 1. The fraction of sp³-hybridized carbons (Fsp3) is 0.444.